The summed E-state index contributed by atoms with van der Waals surface area (Å²) in [4.78, 5) is 13.0. The lowest BCUT2D eigenvalue weighted by Crippen LogP contribution is -2.60. The predicted octanol–water partition coefficient (Wildman–Crippen LogP) is 13.8. The molecule has 1 fully saturated rings. The monoisotopic (exact) mass is 936 g/mol. The summed E-state index contributed by atoms with van der Waals surface area (Å²) in [6.45, 7) is 3.80. The Morgan fingerprint density at radius 2 is 0.848 bits per heavy atom. The van der Waals surface area contributed by atoms with E-state index in [2.05, 4.69) is 31.3 Å². The molecule has 0 aliphatic carbocycles. The summed E-state index contributed by atoms with van der Waals surface area (Å²) in [5.74, 6) is -0.182. The lowest BCUT2D eigenvalue weighted by atomic mass is 9.99. The fourth-order valence-corrected chi connectivity index (χ4v) is 9.21. The summed E-state index contributed by atoms with van der Waals surface area (Å²) in [5.41, 5.74) is 0. The molecular weight excluding hydrogens is 827 g/mol. The van der Waals surface area contributed by atoms with Crippen molar-refractivity contribution in [2.24, 2.45) is 0 Å². The molecule has 9 nitrogen and oxygen atoms in total. The highest BCUT2D eigenvalue weighted by atomic mass is 16.7. The van der Waals surface area contributed by atoms with Crippen LogP contribution in [0.2, 0.25) is 0 Å². The molecule has 0 saturated carbocycles. The van der Waals surface area contributed by atoms with Crippen molar-refractivity contribution in [3.63, 3.8) is 0 Å². The Labute approximate surface area is 407 Å². The van der Waals surface area contributed by atoms with E-state index in [-0.39, 0.29) is 12.5 Å². The summed E-state index contributed by atoms with van der Waals surface area (Å²) in [7, 11) is 0. The first-order valence-corrected chi connectivity index (χ1v) is 28.6. The number of carbonyl (C=O) groups is 1. The minimum atomic E-state index is -1.57. The third kappa shape index (κ3) is 36.6. The maximum atomic E-state index is 13.0. The number of unbranched alkanes of at least 4 members (excludes halogenated alkanes) is 37. The standard InChI is InChI=1S/C57H109NO8/c1-3-5-7-9-11-13-15-17-19-21-22-23-24-25-26-27-28-29-30-31-32-34-36-38-40-42-44-46-51(60)50(49-65-57-56(64)55(63)54(62)52(48-59)66-57)58-53(61)47-45-43-41-39-37-35-33-20-18-16-14-12-10-8-6-4-2/h20,33,44,46,50-52,54-57,59-60,62-64H,3-19,21-32,34-43,45,47-49H2,1-2H3,(H,58,61)/b33-20-,46-44+. The number of ether oxygens (including phenoxy) is 2. The number of amides is 1. The second-order valence-electron chi connectivity index (χ2n) is 20.1. The number of hydrogen-bond acceptors (Lipinski definition) is 8. The molecule has 6 N–H and O–H groups in total. The van der Waals surface area contributed by atoms with E-state index in [1.807, 2.05) is 6.08 Å². The van der Waals surface area contributed by atoms with Gasteiger partial charge in [0.1, 0.15) is 24.4 Å². The van der Waals surface area contributed by atoms with Crippen molar-refractivity contribution in [2.45, 2.75) is 320 Å². The smallest absolute Gasteiger partial charge is 0.220 e. The average Bonchev–Trinajstić information content (AvgIpc) is 3.32. The molecule has 9 heteroatoms. The lowest BCUT2D eigenvalue weighted by molar-refractivity contribution is -0.302. The van der Waals surface area contributed by atoms with E-state index in [9.17, 15) is 30.3 Å². The highest BCUT2D eigenvalue weighted by molar-refractivity contribution is 5.76. The van der Waals surface area contributed by atoms with Crippen molar-refractivity contribution in [3.8, 4) is 0 Å². The van der Waals surface area contributed by atoms with Gasteiger partial charge in [-0.3, -0.25) is 4.79 Å². The number of nitrogens with one attached hydrogen (secondary N) is 1. The van der Waals surface area contributed by atoms with Gasteiger partial charge in [-0.1, -0.05) is 250 Å². The van der Waals surface area contributed by atoms with E-state index in [1.54, 1.807) is 6.08 Å². The van der Waals surface area contributed by atoms with E-state index in [1.165, 1.54) is 199 Å². The zero-order valence-electron chi connectivity index (χ0n) is 43.2. The predicted molar refractivity (Wildman–Crippen MR) is 277 cm³/mol. The van der Waals surface area contributed by atoms with E-state index < -0.39 is 49.5 Å². The summed E-state index contributed by atoms with van der Waals surface area (Å²) < 4.78 is 11.3. The number of aliphatic hydroxyl groups is 5. The molecule has 1 saturated heterocycles. The van der Waals surface area contributed by atoms with Gasteiger partial charge < -0.3 is 40.3 Å². The molecule has 1 heterocycles. The maximum Gasteiger partial charge on any atom is 0.220 e. The second-order valence-corrected chi connectivity index (χ2v) is 20.1. The van der Waals surface area contributed by atoms with Gasteiger partial charge in [0.05, 0.1) is 25.4 Å². The van der Waals surface area contributed by atoms with Gasteiger partial charge in [0, 0.05) is 6.42 Å². The van der Waals surface area contributed by atoms with Gasteiger partial charge in [-0.2, -0.15) is 0 Å². The first-order chi connectivity index (χ1) is 32.3. The molecule has 1 aliphatic rings. The number of rotatable bonds is 49. The third-order valence-electron chi connectivity index (χ3n) is 13.8. The van der Waals surface area contributed by atoms with Gasteiger partial charge in [-0.05, 0) is 44.9 Å². The Kier molecular flexibility index (Phi) is 45.0. The van der Waals surface area contributed by atoms with Gasteiger partial charge in [0.25, 0.3) is 0 Å². The molecule has 0 aromatic carbocycles. The van der Waals surface area contributed by atoms with Crippen LogP contribution < -0.4 is 5.32 Å². The number of aliphatic hydroxyl groups excluding tert-OH is 5. The van der Waals surface area contributed by atoms with Crippen molar-refractivity contribution in [2.75, 3.05) is 13.2 Å². The van der Waals surface area contributed by atoms with Gasteiger partial charge in [0.2, 0.25) is 5.91 Å². The van der Waals surface area contributed by atoms with Gasteiger partial charge in [-0.25, -0.2) is 0 Å². The van der Waals surface area contributed by atoms with E-state index in [0.717, 1.165) is 57.8 Å². The number of hydrogen-bond donors (Lipinski definition) is 6. The van der Waals surface area contributed by atoms with Crippen LogP contribution in [0, 0.1) is 0 Å². The van der Waals surface area contributed by atoms with Gasteiger partial charge in [-0.15, -0.1) is 0 Å². The zero-order chi connectivity index (χ0) is 48.0. The molecule has 0 spiro atoms. The van der Waals surface area contributed by atoms with Crippen molar-refractivity contribution in [3.05, 3.63) is 24.3 Å². The lowest BCUT2D eigenvalue weighted by Gasteiger charge is -2.40. The summed E-state index contributed by atoms with van der Waals surface area (Å²) in [6, 6.07) is -0.807. The molecule has 390 valence electrons. The normalized spacial score (nSPS) is 19.9. The Balaban J connectivity index is 2.21. The van der Waals surface area contributed by atoms with Crippen molar-refractivity contribution < 1.29 is 39.8 Å². The van der Waals surface area contributed by atoms with Crippen LogP contribution >= 0.6 is 0 Å². The highest BCUT2D eigenvalue weighted by Gasteiger charge is 2.44. The van der Waals surface area contributed by atoms with Crippen LogP contribution in [0.25, 0.3) is 0 Å². The van der Waals surface area contributed by atoms with Gasteiger partial charge >= 0.3 is 0 Å². The largest absolute Gasteiger partial charge is 0.394 e. The quantitative estimate of drug-likeness (QED) is 0.0261. The fraction of sp³-hybridized carbons (Fsp3) is 0.912. The first-order valence-electron chi connectivity index (χ1n) is 28.6. The minimum absolute atomic E-state index is 0.182. The Morgan fingerprint density at radius 3 is 1.23 bits per heavy atom. The van der Waals surface area contributed by atoms with Crippen LogP contribution in [-0.4, -0.2) is 87.5 Å². The van der Waals surface area contributed by atoms with Crippen LogP contribution in [0.1, 0.15) is 277 Å². The van der Waals surface area contributed by atoms with E-state index in [0.29, 0.717) is 6.42 Å². The zero-order valence-corrected chi connectivity index (χ0v) is 43.2. The van der Waals surface area contributed by atoms with Crippen LogP contribution in [0.15, 0.2) is 24.3 Å². The molecule has 1 aliphatic heterocycles. The Bertz CT molecular complexity index is 1090. The minimum Gasteiger partial charge on any atom is -0.394 e. The van der Waals surface area contributed by atoms with Gasteiger partial charge in [0.15, 0.2) is 6.29 Å². The average molecular weight is 936 g/mol. The molecule has 66 heavy (non-hydrogen) atoms. The molecule has 0 aromatic heterocycles. The number of allylic oxidation sites excluding steroid dienone is 3. The fourth-order valence-electron chi connectivity index (χ4n) is 9.21. The SMILES string of the molecule is CCCCCCCCC/C=C\CCCCCCCC(=O)NC(COC1OC(CO)C(O)C(O)C1O)C(O)/C=C/CCCCCCCCCCCCCCCCCCCCCCCCCCC. The summed E-state index contributed by atoms with van der Waals surface area (Å²) in [6.07, 6.45) is 52.5. The molecule has 0 bridgehead atoms. The number of carbonyl (C=O) groups excluding carboxylic acids is 1. The van der Waals surface area contributed by atoms with E-state index in [4.69, 9.17) is 9.47 Å². The Morgan fingerprint density at radius 1 is 0.500 bits per heavy atom. The Hall–Kier alpha value is -1.33. The summed E-state index contributed by atoms with van der Waals surface area (Å²) >= 11 is 0. The van der Waals surface area contributed by atoms with Crippen molar-refractivity contribution in [1.82, 2.24) is 5.32 Å². The van der Waals surface area contributed by atoms with Crippen LogP contribution in [0.5, 0.6) is 0 Å². The molecule has 7 unspecified atom stereocenters. The van der Waals surface area contributed by atoms with Crippen LogP contribution in [0.4, 0.5) is 0 Å². The van der Waals surface area contributed by atoms with Crippen LogP contribution in [0.3, 0.4) is 0 Å². The maximum absolute atomic E-state index is 13.0. The second kappa shape index (κ2) is 47.4. The third-order valence-corrected chi connectivity index (χ3v) is 13.8. The molecule has 1 rings (SSSR count). The molecule has 0 aromatic rings. The van der Waals surface area contributed by atoms with Crippen LogP contribution in [-0.2, 0) is 14.3 Å². The highest BCUT2D eigenvalue weighted by Crippen LogP contribution is 2.23. The first kappa shape index (κ1) is 62.7. The molecule has 1 amide bonds. The molecule has 7 atom stereocenters. The van der Waals surface area contributed by atoms with Crippen molar-refractivity contribution >= 4 is 5.91 Å². The molecule has 0 radical (unpaired) electrons. The summed E-state index contributed by atoms with van der Waals surface area (Å²) in [5, 5.41) is 54.5. The van der Waals surface area contributed by atoms with E-state index >= 15 is 0 Å². The molecular formula is C57H109NO8. The van der Waals surface area contributed by atoms with Crippen molar-refractivity contribution in [1.29, 1.82) is 0 Å². The topological polar surface area (TPSA) is 149 Å².